The maximum absolute atomic E-state index is 12.2. The maximum atomic E-state index is 12.2. The number of amides is 1. The third-order valence-electron chi connectivity index (χ3n) is 2.74. The number of methoxy groups -OCH3 is 2. The fourth-order valence-electron chi connectivity index (χ4n) is 1.67. The molecule has 1 rings (SSSR count). The average Bonchev–Trinajstić information content (AvgIpc) is 2.42. The molecule has 7 nitrogen and oxygen atoms in total. The van der Waals surface area contributed by atoms with Crippen molar-refractivity contribution in [2.24, 2.45) is 0 Å². The van der Waals surface area contributed by atoms with E-state index >= 15 is 0 Å². The van der Waals surface area contributed by atoms with Crippen LogP contribution >= 0.6 is 15.9 Å². The molecule has 0 heterocycles. The fourth-order valence-corrected chi connectivity index (χ4v) is 2.27. The van der Waals surface area contributed by atoms with Gasteiger partial charge in [-0.15, -0.1) is 0 Å². The Balaban J connectivity index is 3.17. The number of carbonyl (C=O) groups is 2. The fraction of sp³-hybridized carbons (Fsp3) is 0.385. The molecule has 1 aromatic carbocycles. The number of hydrogen-bond acceptors (Lipinski definition) is 5. The van der Waals surface area contributed by atoms with Crippen LogP contribution in [0.5, 0.6) is 11.5 Å². The Hall–Kier alpha value is -1.80. The smallest absolute Gasteiger partial charge is 0.328 e. The molecule has 1 aromatic rings. The van der Waals surface area contributed by atoms with E-state index in [0.29, 0.717) is 10.2 Å². The van der Waals surface area contributed by atoms with Crippen LogP contribution in [0.15, 0.2) is 16.6 Å². The summed E-state index contributed by atoms with van der Waals surface area (Å²) in [7, 11) is 2.82. The van der Waals surface area contributed by atoms with Gasteiger partial charge in [-0.3, -0.25) is 4.79 Å². The first-order valence-corrected chi connectivity index (χ1v) is 6.74. The molecular formula is C13H16BrNO6. The predicted molar refractivity (Wildman–Crippen MR) is 77.8 cm³/mol. The molecule has 0 aliphatic heterocycles. The molecule has 0 saturated heterocycles. The molecular weight excluding hydrogens is 346 g/mol. The third-order valence-corrected chi connectivity index (χ3v) is 3.33. The van der Waals surface area contributed by atoms with Crippen molar-refractivity contribution in [2.45, 2.75) is 19.1 Å². The van der Waals surface area contributed by atoms with Gasteiger partial charge in [0, 0.05) is 0 Å². The number of halogens is 1. The highest BCUT2D eigenvalue weighted by Gasteiger charge is 2.27. The number of benzene rings is 1. The molecule has 1 amide bonds. The van der Waals surface area contributed by atoms with E-state index in [9.17, 15) is 14.7 Å². The lowest BCUT2D eigenvalue weighted by Gasteiger charge is -2.18. The summed E-state index contributed by atoms with van der Waals surface area (Å²) in [6.07, 6.45) is -1.24. The van der Waals surface area contributed by atoms with Gasteiger partial charge in [-0.05, 0) is 35.0 Å². The summed E-state index contributed by atoms with van der Waals surface area (Å²) in [5, 5.41) is 20.6. The van der Waals surface area contributed by atoms with Crippen LogP contribution in [0.2, 0.25) is 0 Å². The van der Waals surface area contributed by atoms with Crippen molar-refractivity contribution in [3.63, 3.8) is 0 Å². The van der Waals surface area contributed by atoms with Gasteiger partial charge in [-0.25, -0.2) is 4.79 Å². The number of rotatable bonds is 6. The van der Waals surface area contributed by atoms with E-state index in [4.69, 9.17) is 14.6 Å². The first-order valence-electron chi connectivity index (χ1n) is 5.95. The Morgan fingerprint density at radius 1 is 1.29 bits per heavy atom. The minimum Gasteiger partial charge on any atom is -0.497 e. The standard InChI is InChI=1S/C13H16BrNO6/c1-6(16)10(13(18)19)15-12(17)8-4-7(20-2)5-9(14)11(8)21-3/h4-6,10,16H,1-3H3,(H,15,17)(H,18,19)/t6-,10+/m1/s1. The van der Waals surface area contributed by atoms with Crippen LogP contribution in [0, 0.1) is 0 Å². The van der Waals surface area contributed by atoms with Gasteiger partial charge >= 0.3 is 5.97 Å². The number of aliphatic carboxylic acids is 1. The van der Waals surface area contributed by atoms with Crippen molar-refractivity contribution >= 4 is 27.8 Å². The van der Waals surface area contributed by atoms with Crippen molar-refractivity contribution in [3.05, 3.63) is 22.2 Å². The Morgan fingerprint density at radius 3 is 2.33 bits per heavy atom. The normalized spacial score (nSPS) is 13.2. The highest BCUT2D eigenvalue weighted by Crippen LogP contribution is 2.33. The van der Waals surface area contributed by atoms with Gasteiger partial charge in [0.1, 0.15) is 11.5 Å². The maximum Gasteiger partial charge on any atom is 0.328 e. The van der Waals surface area contributed by atoms with Crippen LogP contribution < -0.4 is 14.8 Å². The molecule has 0 radical (unpaired) electrons. The van der Waals surface area contributed by atoms with Crippen molar-refractivity contribution in [1.29, 1.82) is 0 Å². The third kappa shape index (κ3) is 4.08. The number of carbonyl (C=O) groups excluding carboxylic acids is 1. The van der Waals surface area contributed by atoms with Crippen LogP contribution in [-0.4, -0.2) is 48.5 Å². The molecule has 0 aliphatic rings. The van der Waals surface area contributed by atoms with Crippen molar-refractivity contribution in [3.8, 4) is 11.5 Å². The summed E-state index contributed by atoms with van der Waals surface area (Å²) in [6.45, 7) is 1.28. The zero-order chi connectivity index (χ0) is 16.2. The van der Waals surface area contributed by atoms with E-state index in [1.165, 1.54) is 27.2 Å². The first kappa shape index (κ1) is 17.3. The second-order valence-electron chi connectivity index (χ2n) is 4.22. The van der Waals surface area contributed by atoms with E-state index in [2.05, 4.69) is 21.2 Å². The van der Waals surface area contributed by atoms with Crippen molar-refractivity contribution in [2.75, 3.05) is 14.2 Å². The number of hydrogen-bond donors (Lipinski definition) is 3. The van der Waals surface area contributed by atoms with Crippen LogP contribution in [0.25, 0.3) is 0 Å². The summed E-state index contributed by atoms with van der Waals surface area (Å²) < 4.78 is 10.7. The highest BCUT2D eigenvalue weighted by molar-refractivity contribution is 9.10. The second-order valence-corrected chi connectivity index (χ2v) is 5.07. The number of carboxylic acids is 1. The molecule has 0 saturated carbocycles. The van der Waals surface area contributed by atoms with Gasteiger partial charge in [0.15, 0.2) is 6.04 Å². The number of nitrogens with one attached hydrogen (secondary N) is 1. The van der Waals surface area contributed by atoms with E-state index in [-0.39, 0.29) is 11.3 Å². The molecule has 0 unspecified atom stereocenters. The second kappa shape index (κ2) is 7.28. The molecule has 0 aromatic heterocycles. The first-order chi connectivity index (χ1) is 9.81. The Morgan fingerprint density at radius 2 is 1.90 bits per heavy atom. The average molecular weight is 362 g/mol. The zero-order valence-electron chi connectivity index (χ0n) is 11.7. The van der Waals surface area contributed by atoms with E-state index in [1.807, 2.05) is 0 Å². The zero-order valence-corrected chi connectivity index (χ0v) is 13.3. The number of aliphatic hydroxyl groups is 1. The lowest BCUT2D eigenvalue weighted by Crippen LogP contribution is -2.47. The van der Waals surface area contributed by atoms with E-state index in [1.54, 1.807) is 6.07 Å². The quantitative estimate of drug-likeness (QED) is 0.698. The van der Waals surface area contributed by atoms with Gasteiger partial charge in [-0.1, -0.05) is 0 Å². The molecule has 116 valence electrons. The number of carboxylic acid groups (broad SMARTS) is 1. The Labute approximate surface area is 130 Å². The van der Waals surface area contributed by atoms with Crippen LogP contribution in [-0.2, 0) is 4.79 Å². The summed E-state index contributed by atoms with van der Waals surface area (Å²) in [5.74, 6) is -1.39. The Bertz CT molecular complexity index is 546. The van der Waals surface area contributed by atoms with Crippen molar-refractivity contribution in [1.82, 2.24) is 5.32 Å². The van der Waals surface area contributed by atoms with Gasteiger partial charge in [0.25, 0.3) is 5.91 Å². The lowest BCUT2D eigenvalue weighted by molar-refractivity contribution is -0.141. The van der Waals surface area contributed by atoms with E-state index < -0.39 is 24.0 Å². The summed E-state index contributed by atoms with van der Waals surface area (Å²) in [4.78, 5) is 23.2. The molecule has 0 bridgehead atoms. The Kier molecular flexibility index (Phi) is 5.98. The van der Waals surface area contributed by atoms with Gasteiger partial charge < -0.3 is 25.0 Å². The summed E-state index contributed by atoms with van der Waals surface area (Å²) >= 11 is 3.24. The molecule has 0 spiro atoms. The van der Waals surface area contributed by atoms with Crippen LogP contribution in [0.3, 0.4) is 0 Å². The van der Waals surface area contributed by atoms with Gasteiger partial charge in [0.05, 0.1) is 30.4 Å². The predicted octanol–water partition coefficient (Wildman–Crippen LogP) is 1.03. The monoisotopic (exact) mass is 361 g/mol. The molecule has 2 atom stereocenters. The van der Waals surface area contributed by atoms with Gasteiger partial charge in [-0.2, -0.15) is 0 Å². The highest BCUT2D eigenvalue weighted by atomic mass is 79.9. The van der Waals surface area contributed by atoms with Crippen LogP contribution in [0.4, 0.5) is 0 Å². The minimum absolute atomic E-state index is 0.0932. The largest absolute Gasteiger partial charge is 0.497 e. The molecule has 8 heteroatoms. The summed E-state index contributed by atoms with van der Waals surface area (Å²) in [5.41, 5.74) is 0.0932. The SMILES string of the molecule is COc1cc(Br)c(OC)c(C(=O)N[C@H](C(=O)O)[C@@H](C)O)c1. The van der Waals surface area contributed by atoms with Crippen LogP contribution in [0.1, 0.15) is 17.3 Å². The number of ether oxygens (including phenoxy) is 2. The summed E-state index contributed by atoms with van der Waals surface area (Å²) in [6, 6.07) is 1.60. The molecule has 0 fully saturated rings. The molecule has 21 heavy (non-hydrogen) atoms. The minimum atomic E-state index is -1.42. The lowest BCUT2D eigenvalue weighted by atomic mass is 10.1. The number of aliphatic hydroxyl groups excluding tert-OH is 1. The molecule has 3 N–H and O–H groups in total. The van der Waals surface area contributed by atoms with Crippen molar-refractivity contribution < 1.29 is 29.3 Å². The van der Waals surface area contributed by atoms with Gasteiger partial charge in [0.2, 0.25) is 0 Å². The molecule has 0 aliphatic carbocycles. The van der Waals surface area contributed by atoms with E-state index in [0.717, 1.165) is 0 Å². The topological polar surface area (TPSA) is 105 Å².